The number of nitrogens with one attached hydrogen (secondary N) is 1. The van der Waals surface area contributed by atoms with Crippen molar-refractivity contribution >= 4 is 29.2 Å². The number of carboxylic acids is 1. The van der Waals surface area contributed by atoms with Crippen LogP contribution in [0.1, 0.15) is 23.7 Å². The molecule has 2 unspecified atom stereocenters. The van der Waals surface area contributed by atoms with E-state index in [1.54, 1.807) is 0 Å². The second-order valence-corrected chi connectivity index (χ2v) is 4.97. The summed E-state index contributed by atoms with van der Waals surface area (Å²) >= 11 is 5.94. The fraction of sp³-hybridized carbons (Fsp3) is 0.385. The van der Waals surface area contributed by atoms with Gasteiger partial charge in [-0.1, -0.05) is 11.6 Å². The lowest BCUT2D eigenvalue weighted by Gasteiger charge is -2.11. The zero-order valence-electron chi connectivity index (χ0n) is 10.4. The molecular formula is C13H14ClNO4. The van der Waals surface area contributed by atoms with Gasteiger partial charge in [0.05, 0.1) is 34.9 Å². The van der Waals surface area contributed by atoms with Crippen molar-refractivity contribution in [1.82, 2.24) is 0 Å². The Labute approximate surface area is 115 Å². The van der Waals surface area contributed by atoms with Gasteiger partial charge in [-0.3, -0.25) is 4.79 Å². The normalized spacial score (nSPS) is 22.2. The molecule has 1 aromatic rings. The number of anilines is 1. The molecular weight excluding hydrogens is 270 g/mol. The molecule has 0 bridgehead atoms. The van der Waals surface area contributed by atoms with Crippen LogP contribution in [-0.2, 0) is 9.53 Å². The van der Waals surface area contributed by atoms with Crippen molar-refractivity contribution in [1.29, 1.82) is 0 Å². The standard InChI is InChI=1S/C13H14ClNO4/c1-7-4-9(6-19-7)12(16)15-11-3-2-8(13(17)18)5-10(11)14/h2-3,5,7,9H,4,6H2,1H3,(H,15,16)(H,17,18). The van der Waals surface area contributed by atoms with Crippen LogP contribution in [0.4, 0.5) is 5.69 Å². The summed E-state index contributed by atoms with van der Waals surface area (Å²) in [5.74, 6) is -1.41. The van der Waals surface area contributed by atoms with Gasteiger partial charge >= 0.3 is 5.97 Å². The largest absolute Gasteiger partial charge is 0.478 e. The maximum Gasteiger partial charge on any atom is 0.335 e. The molecule has 102 valence electrons. The highest BCUT2D eigenvalue weighted by Crippen LogP contribution is 2.26. The third-order valence-electron chi connectivity index (χ3n) is 3.04. The second kappa shape index (κ2) is 5.59. The number of rotatable bonds is 3. The fourth-order valence-electron chi connectivity index (χ4n) is 1.98. The van der Waals surface area contributed by atoms with Crippen LogP contribution < -0.4 is 5.32 Å². The van der Waals surface area contributed by atoms with E-state index in [-0.39, 0.29) is 28.5 Å². The zero-order chi connectivity index (χ0) is 14.0. The van der Waals surface area contributed by atoms with Crippen molar-refractivity contribution in [2.24, 2.45) is 5.92 Å². The number of ether oxygens (including phenoxy) is 1. The summed E-state index contributed by atoms with van der Waals surface area (Å²) in [4.78, 5) is 22.7. The lowest BCUT2D eigenvalue weighted by atomic mass is 10.1. The van der Waals surface area contributed by atoms with Gasteiger partial charge in [-0.25, -0.2) is 4.79 Å². The average molecular weight is 284 g/mol. The Hall–Kier alpha value is -1.59. The maximum atomic E-state index is 12.0. The number of benzene rings is 1. The van der Waals surface area contributed by atoms with Gasteiger partial charge in [-0.15, -0.1) is 0 Å². The van der Waals surface area contributed by atoms with Crippen LogP contribution in [0.3, 0.4) is 0 Å². The van der Waals surface area contributed by atoms with Crippen molar-refractivity contribution in [3.8, 4) is 0 Å². The molecule has 1 heterocycles. The predicted octanol–water partition coefficient (Wildman–Crippen LogP) is 2.40. The minimum absolute atomic E-state index is 0.0839. The van der Waals surface area contributed by atoms with E-state index in [9.17, 15) is 9.59 Å². The smallest absolute Gasteiger partial charge is 0.335 e. The number of hydrogen-bond acceptors (Lipinski definition) is 3. The highest BCUT2D eigenvalue weighted by molar-refractivity contribution is 6.34. The maximum absolute atomic E-state index is 12.0. The quantitative estimate of drug-likeness (QED) is 0.893. The molecule has 0 spiro atoms. The van der Waals surface area contributed by atoms with Crippen LogP contribution in [-0.4, -0.2) is 29.7 Å². The predicted molar refractivity (Wildman–Crippen MR) is 70.6 cm³/mol. The van der Waals surface area contributed by atoms with Gasteiger partial charge in [0.2, 0.25) is 5.91 Å². The summed E-state index contributed by atoms with van der Waals surface area (Å²) < 4.78 is 5.33. The minimum atomic E-state index is -1.06. The molecule has 2 rings (SSSR count). The summed E-state index contributed by atoms with van der Waals surface area (Å²) in [7, 11) is 0. The van der Waals surface area contributed by atoms with Crippen molar-refractivity contribution in [2.75, 3.05) is 11.9 Å². The number of carbonyl (C=O) groups excluding carboxylic acids is 1. The first-order chi connectivity index (χ1) is 8.97. The molecule has 0 saturated carbocycles. The molecule has 1 saturated heterocycles. The van der Waals surface area contributed by atoms with Crippen molar-refractivity contribution in [3.05, 3.63) is 28.8 Å². The number of carboxylic acid groups (broad SMARTS) is 1. The molecule has 0 aliphatic carbocycles. The Balaban J connectivity index is 2.07. The lowest BCUT2D eigenvalue weighted by molar-refractivity contribution is -0.119. The summed E-state index contributed by atoms with van der Waals surface area (Å²) in [5.41, 5.74) is 0.497. The molecule has 0 aromatic heterocycles. The molecule has 1 amide bonds. The lowest BCUT2D eigenvalue weighted by Crippen LogP contribution is -2.23. The van der Waals surface area contributed by atoms with Crippen LogP contribution in [0, 0.1) is 5.92 Å². The fourth-order valence-corrected chi connectivity index (χ4v) is 2.21. The second-order valence-electron chi connectivity index (χ2n) is 4.57. The van der Waals surface area contributed by atoms with Crippen LogP contribution in [0.5, 0.6) is 0 Å². The molecule has 1 aliphatic rings. The topological polar surface area (TPSA) is 75.6 Å². The Morgan fingerprint density at radius 1 is 1.47 bits per heavy atom. The highest BCUT2D eigenvalue weighted by atomic mass is 35.5. The summed E-state index contributed by atoms with van der Waals surface area (Å²) in [5, 5.41) is 11.7. The van der Waals surface area contributed by atoms with E-state index in [4.69, 9.17) is 21.4 Å². The highest BCUT2D eigenvalue weighted by Gasteiger charge is 2.28. The molecule has 2 N–H and O–H groups in total. The van der Waals surface area contributed by atoms with Gasteiger partial charge < -0.3 is 15.2 Å². The molecule has 1 fully saturated rings. The van der Waals surface area contributed by atoms with Gasteiger partial charge in [0.15, 0.2) is 0 Å². The van der Waals surface area contributed by atoms with E-state index in [0.717, 1.165) is 0 Å². The monoisotopic (exact) mass is 283 g/mol. The number of amides is 1. The third-order valence-corrected chi connectivity index (χ3v) is 3.36. The number of hydrogen-bond donors (Lipinski definition) is 2. The first-order valence-corrected chi connectivity index (χ1v) is 6.30. The van der Waals surface area contributed by atoms with Crippen LogP contribution in [0.15, 0.2) is 18.2 Å². The molecule has 6 heteroatoms. The summed E-state index contributed by atoms with van der Waals surface area (Å²) in [6.45, 7) is 2.32. The van der Waals surface area contributed by atoms with E-state index >= 15 is 0 Å². The van der Waals surface area contributed by atoms with Crippen molar-refractivity contribution < 1.29 is 19.4 Å². The third kappa shape index (κ3) is 3.24. The van der Waals surface area contributed by atoms with Gasteiger partial charge in [0, 0.05) is 0 Å². The Morgan fingerprint density at radius 2 is 2.21 bits per heavy atom. The Bertz CT molecular complexity index is 517. The average Bonchev–Trinajstić information content (AvgIpc) is 2.78. The van der Waals surface area contributed by atoms with Gasteiger partial charge in [0.1, 0.15) is 0 Å². The number of carbonyl (C=O) groups is 2. The molecule has 19 heavy (non-hydrogen) atoms. The summed E-state index contributed by atoms with van der Waals surface area (Å²) in [6, 6.07) is 4.20. The van der Waals surface area contributed by atoms with Gasteiger partial charge in [0.25, 0.3) is 0 Å². The molecule has 1 aliphatic heterocycles. The van der Waals surface area contributed by atoms with E-state index in [0.29, 0.717) is 18.7 Å². The molecule has 2 atom stereocenters. The van der Waals surface area contributed by atoms with Gasteiger partial charge in [-0.2, -0.15) is 0 Å². The van der Waals surface area contributed by atoms with Crippen molar-refractivity contribution in [2.45, 2.75) is 19.4 Å². The molecule has 0 radical (unpaired) electrons. The van der Waals surface area contributed by atoms with Crippen LogP contribution >= 0.6 is 11.6 Å². The Morgan fingerprint density at radius 3 is 2.74 bits per heavy atom. The van der Waals surface area contributed by atoms with Crippen LogP contribution in [0.2, 0.25) is 5.02 Å². The first-order valence-electron chi connectivity index (χ1n) is 5.92. The number of halogens is 1. The van der Waals surface area contributed by atoms with E-state index in [2.05, 4.69) is 5.32 Å². The van der Waals surface area contributed by atoms with Crippen LogP contribution in [0.25, 0.3) is 0 Å². The van der Waals surface area contributed by atoms with Gasteiger partial charge in [-0.05, 0) is 31.5 Å². The van der Waals surface area contributed by atoms with E-state index < -0.39 is 5.97 Å². The molecule has 5 nitrogen and oxygen atoms in total. The number of aromatic carboxylic acids is 1. The Kier molecular flexibility index (Phi) is 4.07. The van der Waals surface area contributed by atoms with Crippen molar-refractivity contribution in [3.63, 3.8) is 0 Å². The van der Waals surface area contributed by atoms with E-state index in [1.165, 1.54) is 18.2 Å². The molecule has 1 aromatic carbocycles. The first kappa shape index (κ1) is 13.8. The minimum Gasteiger partial charge on any atom is -0.478 e. The SMILES string of the molecule is CC1CC(C(=O)Nc2ccc(C(=O)O)cc2Cl)CO1. The van der Waals surface area contributed by atoms with E-state index in [1.807, 2.05) is 6.92 Å². The zero-order valence-corrected chi connectivity index (χ0v) is 11.1. The summed E-state index contributed by atoms with van der Waals surface area (Å²) in [6.07, 6.45) is 0.761.